The van der Waals surface area contributed by atoms with E-state index in [1.54, 1.807) is 48.4 Å². The van der Waals surface area contributed by atoms with E-state index in [4.69, 9.17) is 18.9 Å². The Morgan fingerprint density at radius 2 is 1.75 bits per heavy atom. The second kappa shape index (κ2) is 7.30. The lowest BCUT2D eigenvalue weighted by atomic mass is 9.97. The molecule has 2 aliphatic rings. The van der Waals surface area contributed by atoms with E-state index >= 15 is 0 Å². The van der Waals surface area contributed by atoms with Crippen molar-refractivity contribution in [2.45, 2.75) is 0 Å². The predicted molar refractivity (Wildman–Crippen MR) is 100 cm³/mol. The molecule has 146 valence electrons. The summed E-state index contributed by atoms with van der Waals surface area (Å²) in [5.74, 6) is 1.79. The van der Waals surface area contributed by atoms with Crippen LogP contribution in [-0.4, -0.2) is 50.8 Å². The van der Waals surface area contributed by atoms with Crippen LogP contribution in [0.2, 0.25) is 0 Å². The van der Waals surface area contributed by atoms with Crippen LogP contribution < -0.4 is 24.3 Å². The summed E-state index contributed by atoms with van der Waals surface area (Å²) in [7, 11) is 3.09. The van der Waals surface area contributed by atoms with Gasteiger partial charge in [0.1, 0.15) is 0 Å². The molecule has 2 aliphatic heterocycles. The van der Waals surface area contributed by atoms with Crippen LogP contribution >= 0.6 is 0 Å². The first-order chi connectivity index (χ1) is 13.6. The van der Waals surface area contributed by atoms with E-state index in [0.29, 0.717) is 47.3 Å². The molecule has 0 unspecified atom stereocenters. The molecule has 0 aromatic heterocycles. The number of benzene rings is 2. The maximum Gasteiger partial charge on any atom is 0.254 e. The van der Waals surface area contributed by atoms with Gasteiger partial charge >= 0.3 is 0 Å². The van der Waals surface area contributed by atoms with Crippen molar-refractivity contribution in [2.75, 3.05) is 39.4 Å². The van der Waals surface area contributed by atoms with E-state index in [1.165, 1.54) is 7.11 Å². The van der Waals surface area contributed by atoms with Gasteiger partial charge in [-0.1, -0.05) is 0 Å². The number of hydrogen-bond acceptors (Lipinski definition) is 6. The molecule has 8 heteroatoms. The summed E-state index contributed by atoms with van der Waals surface area (Å²) in [5.41, 5.74) is 1.13. The first-order valence-electron chi connectivity index (χ1n) is 8.81. The highest BCUT2D eigenvalue weighted by atomic mass is 16.7. The van der Waals surface area contributed by atoms with Crippen molar-refractivity contribution in [3.63, 3.8) is 0 Å². The van der Waals surface area contributed by atoms with Crippen LogP contribution in [0.1, 0.15) is 10.4 Å². The third kappa shape index (κ3) is 3.28. The summed E-state index contributed by atoms with van der Waals surface area (Å²) in [6.45, 7) is 0.897. The van der Waals surface area contributed by atoms with Gasteiger partial charge in [-0.05, 0) is 30.3 Å². The molecule has 0 radical (unpaired) electrons. The highest BCUT2D eigenvalue weighted by molar-refractivity contribution is 5.99. The molecule has 0 saturated carbocycles. The summed E-state index contributed by atoms with van der Waals surface area (Å²) >= 11 is 0. The molecule has 1 N–H and O–H groups in total. The van der Waals surface area contributed by atoms with Crippen molar-refractivity contribution in [1.29, 1.82) is 0 Å². The summed E-state index contributed by atoms with van der Waals surface area (Å²) in [6.07, 6.45) is 0. The average Bonchev–Trinajstić information content (AvgIpc) is 3.14. The van der Waals surface area contributed by atoms with Crippen molar-refractivity contribution in [1.82, 2.24) is 4.90 Å². The number of fused-ring (bicyclic) bond motifs is 1. The van der Waals surface area contributed by atoms with Crippen molar-refractivity contribution in [2.24, 2.45) is 5.92 Å². The summed E-state index contributed by atoms with van der Waals surface area (Å²) in [6, 6.07) is 10.3. The number of carbonyl (C=O) groups excluding carboxylic acids is 2. The van der Waals surface area contributed by atoms with E-state index < -0.39 is 0 Å². The Kier molecular flexibility index (Phi) is 4.68. The quantitative estimate of drug-likeness (QED) is 0.850. The molecule has 1 saturated heterocycles. The number of carbonyl (C=O) groups is 2. The van der Waals surface area contributed by atoms with Crippen LogP contribution in [0.4, 0.5) is 5.69 Å². The highest BCUT2D eigenvalue weighted by Crippen LogP contribution is 2.34. The van der Waals surface area contributed by atoms with Crippen molar-refractivity contribution in [3.05, 3.63) is 42.0 Å². The molecule has 28 heavy (non-hydrogen) atoms. The van der Waals surface area contributed by atoms with Gasteiger partial charge in [0.05, 0.1) is 20.1 Å². The van der Waals surface area contributed by atoms with Gasteiger partial charge in [-0.15, -0.1) is 0 Å². The number of hydrogen-bond donors (Lipinski definition) is 1. The molecule has 0 aliphatic carbocycles. The molecule has 0 spiro atoms. The number of amides is 2. The van der Waals surface area contributed by atoms with Gasteiger partial charge in [-0.3, -0.25) is 9.59 Å². The smallest absolute Gasteiger partial charge is 0.254 e. The molecule has 2 aromatic carbocycles. The third-order valence-corrected chi connectivity index (χ3v) is 4.81. The van der Waals surface area contributed by atoms with Crippen LogP contribution in [0.15, 0.2) is 36.4 Å². The fraction of sp³-hybridized carbons (Fsp3) is 0.300. The Balaban J connectivity index is 1.34. The summed E-state index contributed by atoms with van der Waals surface area (Å²) < 4.78 is 21.0. The van der Waals surface area contributed by atoms with Crippen molar-refractivity contribution < 1.29 is 28.5 Å². The summed E-state index contributed by atoms with van der Waals surface area (Å²) in [4.78, 5) is 26.7. The van der Waals surface area contributed by atoms with Gasteiger partial charge in [0.25, 0.3) is 5.91 Å². The van der Waals surface area contributed by atoms with E-state index in [2.05, 4.69) is 5.32 Å². The van der Waals surface area contributed by atoms with E-state index in [-0.39, 0.29) is 24.5 Å². The van der Waals surface area contributed by atoms with E-state index in [9.17, 15) is 9.59 Å². The maximum absolute atomic E-state index is 12.6. The van der Waals surface area contributed by atoms with Crippen LogP contribution in [0.3, 0.4) is 0 Å². The second-order valence-corrected chi connectivity index (χ2v) is 6.53. The molecule has 2 heterocycles. The Hall–Kier alpha value is -3.42. The van der Waals surface area contributed by atoms with Crippen molar-refractivity contribution in [3.8, 4) is 23.0 Å². The van der Waals surface area contributed by atoms with Gasteiger partial charge in [0.2, 0.25) is 12.7 Å². The lowest BCUT2D eigenvalue weighted by Gasteiger charge is -2.38. The molecule has 1 fully saturated rings. The Labute approximate surface area is 161 Å². The lowest BCUT2D eigenvalue weighted by molar-refractivity contribution is -0.123. The number of ether oxygens (including phenoxy) is 4. The van der Waals surface area contributed by atoms with Gasteiger partial charge < -0.3 is 29.2 Å². The van der Waals surface area contributed by atoms with Crippen LogP contribution in [0.5, 0.6) is 23.0 Å². The topological polar surface area (TPSA) is 86.3 Å². The first kappa shape index (κ1) is 18.0. The van der Waals surface area contributed by atoms with Gasteiger partial charge in [0, 0.05) is 30.4 Å². The monoisotopic (exact) mass is 384 g/mol. The number of anilines is 1. The zero-order valence-corrected chi connectivity index (χ0v) is 15.6. The number of rotatable bonds is 5. The van der Waals surface area contributed by atoms with Crippen LogP contribution in [-0.2, 0) is 4.79 Å². The minimum atomic E-state index is -0.258. The van der Waals surface area contributed by atoms with E-state index in [1.807, 2.05) is 0 Å². The molecule has 0 bridgehead atoms. The zero-order valence-electron chi connectivity index (χ0n) is 15.6. The molecule has 2 aromatic rings. The normalized spacial score (nSPS) is 15.0. The Morgan fingerprint density at radius 1 is 1.00 bits per heavy atom. The van der Waals surface area contributed by atoms with Crippen LogP contribution in [0.25, 0.3) is 0 Å². The largest absolute Gasteiger partial charge is 0.493 e. The number of nitrogens with zero attached hydrogens (tertiary/aromatic N) is 1. The second-order valence-electron chi connectivity index (χ2n) is 6.53. The van der Waals surface area contributed by atoms with Gasteiger partial charge in [-0.2, -0.15) is 0 Å². The molecule has 8 nitrogen and oxygen atoms in total. The Morgan fingerprint density at radius 3 is 2.50 bits per heavy atom. The fourth-order valence-electron chi connectivity index (χ4n) is 3.18. The molecular weight excluding hydrogens is 364 g/mol. The van der Waals surface area contributed by atoms with Crippen molar-refractivity contribution >= 4 is 17.5 Å². The van der Waals surface area contributed by atoms with Gasteiger partial charge in [0.15, 0.2) is 23.0 Å². The summed E-state index contributed by atoms with van der Waals surface area (Å²) in [5, 5.41) is 2.85. The average molecular weight is 384 g/mol. The molecule has 2 amide bonds. The van der Waals surface area contributed by atoms with E-state index in [0.717, 1.165) is 0 Å². The highest BCUT2D eigenvalue weighted by Gasteiger charge is 2.36. The minimum Gasteiger partial charge on any atom is -0.493 e. The third-order valence-electron chi connectivity index (χ3n) is 4.81. The minimum absolute atomic E-state index is 0.131. The number of methoxy groups -OCH3 is 2. The SMILES string of the molecule is COc1ccc(NC(=O)C2CN(C(=O)c3ccc4c(c3)OCO4)C2)cc1OC. The molecule has 4 rings (SSSR count). The molecule has 0 atom stereocenters. The fourth-order valence-corrected chi connectivity index (χ4v) is 3.18. The number of nitrogens with one attached hydrogen (secondary N) is 1. The predicted octanol–water partition coefficient (Wildman–Crippen LogP) is 2.14. The maximum atomic E-state index is 12.6. The standard InChI is InChI=1S/C20H20N2O6/c1-25-15-6-4-14(8-17(15)26-2)21-19(23)13-9-22(10-13)20(24)12-3-5-16-18(7-12)28-11-27-16/h3-8,13H,9-11H2,1-2H3,(H,21,23). The first-order valence-corrected chi connectivity index (χ1v) is 8.81. The lowest BCUT2D eigenvalue weighted by Crippen LogP contribution is -2.54. The molecular formula is C20H20N2O6. The zero-order chi connectivity index (χ0) is 19.7. The Bertz CT molecular complexity index is 923. The van der Waals surface area contributed by atoms with Gasteiger partial charge in [-0.25, -0.2) is 0 Å². The number of likely N-dealkylation sites (tertiary alicyclic amines) is 1. The van der Waals surface area contributed by atoms with Crippen LogP contribution in [0, 0.1) is 5.92 Å².